The highest BCUT2D eigenvalue weighted by atomic mass is 16.5. The number of rotatable bonds is 5. The quantitative estimate of drug-likeness (QED) is 0.818. The standard InChI is InChI=1S/C23H30N4O2/c28-23(11-10-21-19-8-4-5-9-20(19)25-26-21)24-17-12-18-15-29-22(14-27(18)13-17)16-6-2-1-3-7-16/h1-3,6-7,17-18,22H,4-5,8-15H2,(H,24,28)(H,25,26)/t17-,18+,22-/m1/s1. The van der Waals surface area contributed by atoms with E-state index in [-0.39, 0.29) is 18.1 Å². The van der Waals surface area contributed by atoms with Crippen molar-refractivity contribution in [1.82, 2.24) is 20.4 Å². The maximum absolute atomic E-state index is 12.6. The van der Waals surface area contributed by atoms with Crippen LogP contribution in [-0.2, 0) is 28.8 Å². The molecule has 1 aromatic carbocycles. The van der Waals surface area contributed by atoms with E-state index in [1.807, 2.05) is 6.07 Å². The van der Waals surface area contributed by atoms with Crippen molar-refractivity contribution < 1.29 is 9.53 Å². The number of ether oxygens (including phenoxy) is 1. The number of nitrogens with one attached hydrogen (secondary N) is 2. The van der Waals surface area contributed by atoms with E-state index in [1.54, 1.807) is 0 Å². The highest BCUT2D eigenvalue weighted by molar-refractivity contribution is 5.76. The smallest absolute Gasteiger partial charge is 0.220 e. The molecule has 6 heteroatoms. The van der Waals surface area contributed by atoms with Crippen LogP contribution in [0.15, 0.2) is 30.3 Å². The molecule has 2 N–H and O–H groups in total. The molecule has 0 bridgehead atoms. The van der Waals surface area contributed by atoms with Gasteiger partial charge in [0.2, 0.25) is 5.91 Å². The molecule has 6 nitrogen and oxygen atoms in total. The molecule has 3 atom stereocenters. The Morgan fingerprint density at radius 3 is 2.97 bits per heavy atom. The largest absolute Gasteiger partial charge is 0.371 e. The number of amides is 1. The number of hydrogen-bond donors (Lipinski definition) is 2. The van der Waals surface area contributed by atoms with Crippen molar-refractivity contribution >= 4 is 5.91 Å². The summed E-state index contributed by atoms with van der Waals surface area (Å²) in [6.45, 7) is 2.56. The first-order valence-electron chi connectivity index (χ1n) is 11.0. The van der Waals surface area contributed by atoms with Crippen molar-refractivity contribution in [3.05, 3.63) is 52.8 Å². The van der Waals surface area contributed by atoms with Crippen molar-refractivity contribution in [2.45, 2.75) is 63.1 Å². The summed E-state index contributed by atoms with van der Waals surface area (Å²) < 4.78 is 6.11. The molecule has 154 valence electrons. The summed E-state index contributed by atoms with van der Waals surface area (Å²) in [7, 11) is 0. The van der Waals surface area contributed by atoms with Crippen LogP contribution >= 0.6 is 0 Å². The van der Waals surface area contributed by atoms with E-state index < -0.39 is 0 Å². The maximum Gasteiger partial charge on any atom is 0.220 e. The molecule has 29 heavy (non-hydrogen) atoms. The van der Waals surface area contributed by atoms with Gasteiger partial charge in [-0.1, -0.05) is 30.3 Å². The van der Waals surface area contributed by atoms with Crippen LogP contribution in [0.4, 0.5) is 0 Å². The number of morpholine rings is 1. The van der Waals surface area contributed by atoms with Crippen LogP contribution in [0, 0.1) is 0 Å². The Morgan fingerprint density at radius 2 is 2.07 bits per heavy atom. The van der Waals surface area contributed by atoms with Crippen LogP contribution in [0.2, 0.25) is 0 Å². The predicted octanol–water partition coefficient (Wildman–Crippen LogP) is 2.55. The van der Waals surface area contributed by atoms with Crippen molar-refractivity contribution in [3.63, 3.8) is 0 Å². The monoisotopic (exact) mass is 394 g/mol. The summed E-state index contributed by atoms with van der Waals surface area (Å²) in [6, 6.07) is 11.1. The lowest BCUT2D eigenvalue weighted by atomic mass is 9.94. The minimum atomic E-state index is 0.132. The molecule has 3 heterocycles. The van der Waals surface area contributed by atoms with Gasteiger partial charge in [-0.2, -0.15) is 5.10 Å². The Kier molecular flexibility index (Phi) is 5.38. The van der Waals surface area contributed by atoms with Gasteiger partial charge in [-0.25, -0.2) is 0 Å². The summed E-state index contributed by atoms with van der Waals surface area (Å²) in [5.74, 6) is 0.142. The lowest BCUT2D eigenvalue weighted by molar-refractivity contribution is -0.121. The SMILES string of the molecule is O=C(CCc1n[nH]c2c1CCCC2)N[C@@H]1C[C@H]2CO[C@@H](c3ccccc3)CN2C1. The van der Waals surface area contributed by atoms with Gasteiger partial charge >= 0.3 is 0 Å². The van der Waals surface area contributed by atoms with Crippen LogP contribution in [-0.4, -0.2) is 52.8 Å². The molecule has 0 spiro atoms. The van der Waals surface area contributed by atoms with Gasteiger partial charge in [0, 0.05) is 43.7 Å². The molecule has 2 aliphatic heterocycles. The minimum Gasteiger partial charge on any atom is -0.371 e. The molecule has 0 radical (unpaired) electrons. The topological polar surface area (TPSA) is 70.2 Å². The minimum absolute atomic E-state index is 0.132. The van der Waals surface area contributed by atoms with E-state index in [4.69, 9.17) is 4.74 Å². The molecule has 2 saturated heterocycles. The van der Waals surface area contributed by atoms with Gasteiger partial charge in [-0.15, -0.1) is 0 Å². The lowest BCUT2D eigenvalue weighted by Gasteiger charge is -2.35. The van der Waals surface area contributed by atoms with Crippen LogP contribution < -0.4 is 5.32 Å². The normalized spacial score (nSPS) is 26.7. The van der Waals surface area contributed by atoms with Gasteiger partial charge in [0.25, 0.3) is 0 Å². The number of nitrogens with zero attached hydrogens (tertiary/aromatic N) is 2. The van der Waals surface area contributed by atoms with E-state index >= 15 is 0 Å². The zero-order chi connectivity index (χ0) is 19.6. The van der Waals surface area contributed by atoms with Crippen molar-refractivity contribution in [2.75, 3.05) is 19.7 Å². The predicted molar refractivity (Wildman–Crippen MR) is 111 cm³/mol. The highest BCUT2D eigenvalue weighted by Gasteiger charge is 2.38. The molecule has 5 rings (SSSR count). The molecule has 1 aliphatic carbocycles. The van der Waals surface area contributed by atoms with Crippen LogP contribution in [0.25, 0.3) is 0 Å². The number of benzene rings is 1. The van der Waals surface area contributed by atoms with Gasteiger partial charge in [-0.3, -0.25) is 14.8 Å². The number of H-pyrrole nitrogens is 1. The van der Waals surface area contributed by atoms with E-state index in [2.05, 4.69) is 44.7 Å². The molecule has 0 unspecified atom stereocenters. The Bertz CT molecular complexity index is 850. The molecule has 1 aromatic heterocycles. The third kappa shape index (κ3) is 4.09. The average molecular weight is 395 g/mol. The molecule has 2 aromatic rings. The van der Waals surface area contributed by atoms with Crippen LogP contribution in [0.3, 0.4) is 0 Å². The van der Waals surface area contributed by atoms with Gasteiger partial charge in [0.1, 0.15) is 0 Å². The Hall–Kier alpha value is -2.18. The Labute approximate surface area is 172 Å². The van der Waals surface area contributed by atoms with E-state index in [1.165, 1.54) is 29.7 Å². The number of aromatic amines is 1. The first-order chi connectivity index (χ1) is 14.3. The highest BCUT2D eigenvalue weighted by Crippen LogP contribution is 2.30. The second-order valence-electron chi connectivity index (χ2n) is 8.68. The summed E-state index contributed by atoms with van der Waals surface area (Å²) in [6.07, 6.45) is 7.03. The average Bonchev–Trinajstić information content (AvgIpc) is 3.35. The number of fused-ring (bicyclic) bond motifs is 2. The molecule has 3 aliphatic rings. The first kappa shape index (κ1) is 18.8. The zero-order valence-electron chi connectivity index (χ0n) is 16.9. The third-order valence-corrected chi connectivity index (χ3v) is 6.69. The number of aromatic nitrogens is 2. The summed E-state index contributed by atoms with van der Waals surface area (Å²) in [5.41, 5.74) is 4.98. The van der Waals surface area contributed by atoms with Crippen LogP contribution in [0.5, 0.6) is 0 Å². The van der Waals surface area contributed by atoms with Crippen molar-refractivity contribution in [3.8, 4) is 0 Å². The number of aryl methyl sites for hydroxylation is 2. The number of carbonyl (C=O) groups is 1. The summed E-state index contributed by atoms with van der Waals surface area (Å²) in [5, 5.41) is 10.9. The number of carbonyl (C=O) groups excluding carboxylic acids is 1. The van der Waals surface area contributed by atoms with E-state index in [0.29, 0.717) is 12.5 Å². The Balaban J connectivity index is 1.12. The molecule has 0 saturated carbocycles. The molecular formula is C23H30N4O2. The zero-order valence-corrected chi connectivity index (χ0v) is 16.9. The first-order valence-corrected chi connectivity index (χ1v) is 11.0. The van der Waals surface area contributed by atoms with Gasteiger partial charge < -0.3 is 10.1 Å². The van der Waals surface area contributed by atoms with Gasteiger partial charge in [0.05, 0.1) is 18.4 Å². The van der Waals surface area contributed by atoms with Gasteiger partial charge in [0.15, 0.2) is 0 Å². The summed E-state index contributed by atoms with van der Waals surface area (Å²) in [4.78, 5) is 15.0. The molecule has 1 amide bonds. The second-order valence-corrected chi connectivity index (χ2v) is 8.68. The Morgan fingerprint density at radius 1 is 1.21 bits per heavy atom. The van der Waals surface area contributed by atoms with E-state index in [0.717, 1.165) is 51.1 Å². The maximum atomic E-state index is 12.6. The number of hydrogen-bond acceptors (Lipinski definition) is 4. The fourth-order valence-electron chi connectivity index (χ4n) is 5.14. The van der Waals surface area contributed by atoms with Crippen molar-refractivity contribution in [1.29, 1.82) is 0 Å². The fraction of sp³-hybridized carbons (Fsp3) is 0.565. The van der Waals surface area contributed by atoms with Gasteiger partial charge in [-0.05, 0) is 43.2 Å². The third-order valence-electron chi connectivity index (χ3n) is 6.69. The molecular weight excluding hydrogens is 364 g/mol. The molecule has 2 fully saturated rings. The van der Waals surface area contributed by atoms with Crippen LogP contribution in [0.1, 0.15) is 54.3 Å². The second kappa shape index (κ2) is 8.28. The fourth-order valence-corrected chi connectivity index (χ4v) is 5.14. The van der Waals surface area contributed by atoms with Crippen molar-refractivity contribution in [2.24, 2.45) is 0 Å². The summed E-state index contributed by atoms with van der Waals surface area (Å²) >= 11 is 0. The lowest BCUT2D eigenvalue weighted by Crippen LogP contribution is -2.43. The van der Waals surface area contributed by atoms with E-state index in [9.17, 15) is 4.79 Å².